The highest BCUT2D eigenvalue weighted by Gasteiger charge is 2.15. The maximum atomic E-state index is 8.99. The van der Waals surface area contributed by atoms with Gasteiger partial charge in [-0.1, -0.05) is 97.8 Å². The Hall–Kier alpha value is -0.0400. The molecule has 0 aromatic heterocycles. The van der Waals surface area contributed by atoms with Crippen LogP contribution in [0, 0.1) is 5.41 Å². The molecule has 0 heterocycles. The summed E-state index contributed by atoms with van der Waals surface area (Å²) in [7, 11) is 0. The molecule has 0 bridgehead atoms. The molecule has 0 rings (SSSR count). The first-order chi connectivity index (χ1) is 9.62. The van der Waals surface area contributed by atoms with Crippen LogP contribution in [0.15, 0.2) is 0 Å². The Morgan fingerprint density at radius 3 is 1.40 bits per heavy atom. The van der Waals surface area contributed by atoms with Gasteiger partial charge in [-0.2, -0.15) is 0 Å². The molecular weight excluding hydrogens is 244 g/mol. The molecule has 1 heteroatoms. The van der Waals surface area contributed by atoms with Crippen LogP contribution in [0.4, 0.5) is 0 Å². The SMILES string of the molecule is CCCCCCCCCCCCCCC(C)(C)CCO. The number of hydrogen-bond acceptors (Lipinski definition) is 1. The fourth-order valence-electron chi connectivity index (χ4n) is 2.87. The quantitative estimate of drug-likeness (QED) is 0.341. The van der Waals surface area contributed by atoms with E-state index in [1.165, 1.54) is 83.5 Å². The monoisotopic (exact) mass is 284 g/mol. The van der Waals surface area contributed by atoms with E-state index in [-0.39, 0.29) is 0 Å². The minimum atomic E-state index is 0.339. The van der Waals surface area contributed by atoms with Crippen LogP contribution in [-0.4, -0.2) is 11.7 Å². The fraction of sp³-hybridized carbons (Fsp3) is 1.00. The summed E-state index contributed by atoms with van der Waals surface area (Å²) >= 11 is 0. The number of hydrogen-bond donors (Lipinski definition) is 1. The molecule has 0 saturated heterocycles. The van der Waals surface area contributed by atoms with E-state index in [0.717, 1.165) is 6.42 Å². The van der Waals surface area contributed by atoms with Crippen molar-refractivity contribution in [2.45, 2.75) is 111 Å². The molecule has 0 aromatic rings. The van der Waals surface area contributed by atoms with Crippen LogP contribution in [0.1, 0.15) is 111 Å². The van der Waals surface area contributed by atoms with Crippen LogP contribution in [0.3, 0.4) is 0 Å². The maximum Gasteiger partial charge on any atom is 0.0436 e. The Bertz CT molecular complexity index is 186. The Morgan fingerprint density at radius 1 is 0.600 bits per heavy atom. The van der Waals surface area contributed by atoms with Crippen LogP contribution >= 0.6 is 0 Å². The lowest BCUT2D eigenvalue weighted by Gasteiger charge is -2.23. The van der Waals surface area contributed by atoms with Crippen molar-refractivity contribution >= 4 is 0 Å². The van der Waals surface area contributed by atoms with Crippen molar-refractivity contribution in [1.29, 1.82) is 0 Å². The van der Waals surface area contributed by atoms with Crippen LogP contribution in [0.25, 0.3) is 0 Å². The summed E-state index contributed by atoms with van der Waals surface area (Å²) in [6, 6.07) is 0. The van der Waals surface area contributed by atoms with Crippen LogP contribution in [0.2, 0.25) is 0 Å². The van der Waals surface area contributed by atoms with E-state index in [1.807, 2.05) is 0 Å². The second-order valence-corrected chi connectivity index (χ2v) is 7.28. The average molecular weight is 285 g/mol. The van der Waals surface area contributed by atoms with Crippen molar-refractivity contribution < 1.29 is 5.11 Å². The average Bonchev–Trinajstić information content (AvgIpc) is 2.40. The first-order valence-electron chi connectivity index (χ1n) is 9.23. The lowest BCUT2D eigenvalue weighted by Crippen LogP contribution is -2.12. The van der Waals surface area contributed by atoms with Gasteiger partial charge >= 0.3 is 0 Å². The largest absolute Gasteiger partial charge is 0.396 e. The maximum absolute atomic E-state index is 8.99. The molecule has 0 aliphatic heterocycles. The van der Waals surface area contributed by atoms with Crippen molar-refractivity contribution in [3.05, 3.63) is 0 Å². The Morgan fingerprint density at radius 2 is 1.00 bits per heavy atom. The van der Waals surface area contributed by atoms with E-state index in [9.17, 15) is 0 Å². The van der Waals surface area contributed by atoms with Crippen molar-refractivity contribution in [3.63, 3.8) is 0 Å². The zero-order valence-electron chi connectivity index (χ0n) is 14.6. The van der Waals surface area contributed by atoms with Gasteiger partial charge in [-0.05, 0) is 18.3 Å². The minimum Gasteiger partial charge on any atom is -0.396 e. The van der Waals surface area contributed by atoms with Gasteiger partial charge in [0, 0.05) is 6.61 Å². The van der Waals surface area contributed by atoms with Gasteiger partial charge < -0.3 is 5.11 Å². The number of aliphatic hydroxyl groups is 1. The normalized spacial score (nSPS) is 12.0. The van der Waals surface area contributed by atoms with Gasteiger partial charge in [0.2, 0.25) is 0 Å². The molecule has 0 aliphatic carbocycles. The molecule has 0 radical (unpaired) electrons. The van der Waals surface area contributed by atoms with Crippen molar-refractivity contribution in [1.82, 2.24) is 0 Å². The first-order valence-corrected chi connectivity index (χ1v) is 9.23. The summed E-state index contributed by atoms with van der Waals surface area (Å²) in [4.78, 5) is 0. The molecule has 0 amide bonds. The van der Waals surface area contributed by atoms with Gasteiger partial charge in [0.25, 0.3) is 0 Å². The summed E-state index contributed by atoms with van der Waals surface area (Å²) < 4.78 is 0. The van der Waals surface area contributed by atoms with E-state index in [1.54, 1.807) is 0 Å². The smallest absolute Gasteiger partial charge is 0.0436 e. The Balaban J connectivity index is 3.13. The minimum absolute atomic E-state index is 0.339. The molecule has 1 nitrogen and oxygen atoms in total. The Labute approximate surface area is 128 Å². The summed E-state index contributed by atoms with van der Waals surface area (Å²) in [5.74, 6) is 0. The molecule has 20 heavy (non-hydrogen) atoms. The molecule has 0 atom stereocenters. The summed E-state index contributed by atoms with van der Waals surface area (Å²) in [5, 5.41) is 8.99. The highest BCUT2D eigenvalue weighted by atomic mass is 16.3. The van der Waals surface area contributed by atoms with Crippen molar-refractivity contribution in [3.8, 4) is 0 Å². The second-order valence-electron chi connectivity index (χ2n) is 7.28. The zero-order chi connectivity index (χ0) is 15.1. The van der Waals surface area contributed by atoms with Gasteiger partial charge in [0.1, 0.15) is 0 Å². The summed E-state index contributed by atoms with van der Waals surface area (Å²) in [6.07, 6.45) is 19.2. The number of aliphatic hydroxyl groups excluding tert-OH is 1. The van der Waals surface area contributed by atoms with Crippen LogP contribution < -0.4 is 0 Å². The van der Waals surface area contributed by atoms with E-state index in [4.69, 9.17) is 5.11 Å². The summed E-state index contributed by atoms with van der Waals surface area (Å²) in [5.41, 5.74) is 0.341. The third-order valence-electron chi connectivity index (χ3n) is 4.50. The van der Waals surface area contributed by atoms with E-state index < -0.39 is 0 Å². The third kappa shape index (κ3) is 14.4. The van der Waals surface area contributed by atoms with Crippen LogP contribution in [0.5, 0.6) is 0 Å². The van der Waals surface area contributed by atoms with Crippen LogP contribution in [-0.2, 0) is 0 Å². The molecule has 0 fully saturated rings. The number of rotatable bonds is 15. The first kappa shape index (κ1) is 20.0. The molecular formula is C19H40O. The highest BCUT2D eigenvalue weighted by molar-refractivity contribution is 4.67. The van der Waals surface area contributed by atoms with E-state index in [2.05, 4.69) is 20.8 Å². The van der Waals surface area contributed by atoms with Crippen molar-refractivity contribution in [2.75, 3.05) is 6.61 Å². The van der Waals surface area contributed by atoms with Gasteiger partial charge in [-0.25, -0.2) is 0 Å². The predicted octanol–water partition coefficient (Wildman–Crippen LogP) is 6.49. The van der Waals surface area contributed by atoms with Crippen molar-refractivity contribution in [2.24, 2.45) is 5.41 Å². The zero-order valence-corrected chi connectivity index (χ0v) is 14.6. The molecule has 0 saturated carbocycles. The van der Waals surface area contributed by atoms with Gasteiger partial charge in [-0.3, -0.25) is 0 Å². The molecule has 0 aromatic carbocycles. The third-order valence-corrected chi connectivity index (χ3v) is 4.50. The highest BCUT2D eigenvalue weighted by Crippen LogP contribution is 2.27. The second kappa shape index (κ2) is 13.9. The Kier molecular flexibility index (Phi) is 13.9. The predicted molar refractivity (Wildman–Crippen MR) is 91.2 cm³/mol. The van der Waals surface area contributed by atoms with Gasteiger partial charge in [0.05, 0.1) is 0 Å². The number of unbranched alkanes of at least 4 members (excludes halogenated alkanes) is 11. The molecule has 0 spiro atoms. The van der Waals surface area contributed by atoms with Gasteiger partial charge in [-0.15, -0.1) is 0 Å². The topological polar surface area (TPSA) is 20.2 Å². The molecule has 0 unspecified atom stereocenters. The lowest BCUT2D eigenvalue weighted by molar-refractivity contribution is 0.198. The lowest BCUT2D eigenvalue weighted by atomic mass is 9.84. The van der Waals surface area contributed by atoms with E-state index >= 15 is 0 Å². The molecule has 1 N–H and O–H groups in total. The molecule has 0 aliphatic rings. The van der Waals surface area contributed by atoms with E-state index in [0.29, 0.717) is 12.0 Å². The standard InChI is InChI=1S/C19H40O/c1-4-5-6-7-8-9-10-11-12-13-14-15-16-19(2,3)17-18-20/h20H,4-18H2,1-3H3. The van der Waals surface area contributed by atoms with Gasteiger partial charge in [0.15, 0.2) is 0 Å². The molecule has 122 valence electrons. The summed E-state index contributed by atoms with van der Waals surface area (Å²) in [6.45, 7) is 7.18. The fourth-order valence-corrected chi connectivity index (χ4v) is 2.87.